The summed E-state index contributed by atoms with van der Waals surface area (Å²) in [7, 11) is 1.67. The van der Waals surface area contributed by atoms with Crippen molar-refractivity contribution >= 4 is 34.7 Å². The Morgan fingerprint density at radius 2 is 2.12 bits per heavy atom. The highest BCUT2D eigenvalue weighted by Gasteiger charge is 2.26. The number of ether oxygens (including phenoxy) is 1. The molecule has 1 amide bonds. The van der Waals surface area contributed by atoms with E-state index < -0.39 is 0 Å². The Kier molecular flexibility index (Phi) is 5.15. The van der Waals surface area contributed by atoms with Gasteiger partial charge in [0.15, 0.2) is 0 Å². The quantitative estimate of drug-likeness (QED) is 0.692. The number of aromatic nitrogens is 1. The SMILES string of the molecule is COCc1cccc(NC(=O)c2c(-n3cccc3)sc3c2CCSC3)c1. The van der Waals surface area contributed by atoms with Crippen molar-refractivity contribution in [3.63, 3.8) is 0 Å². The summed E-state index contributed by atoms with van der Waals surface area (Å²) < 4.78 is 7.23. The van der Waals surface area contributed by atoms with Gasteiger partial charge in [0, 0.05) is 35.8 Å². The van der Waals surface area contributed by atoms with E-state index in [2.05, 4.69) is 5.32 Å². The van der Waals surface area contributed by atoms with Crippen LogP contribution in [0.1, 0.15) is 26.4 Å². The predicted molar refractivity (Wildman–Crippen MR) is 109 cm³/mol. The first-order valence-corrected chi connectivity index (χ1v) is 10.5. The number of methoxy groups -OCH3 is 1. The van der Waals surface area contributed by atoms with Gasteiger partial charge in [-0.1, -0.05) is 12.1 Å². The molecule has 0 bridgehead atoms. The molecule has 0 atom stereocenters. The first-order valence-electron chi connectivity index (χ1n) is 8.51. The zero-order valence-corrected chi connectivity index (χ0v) is 16.2. The van der Waals surface area contributed by atoms with E-state index in [1.165, 1.54) is 10.4 Å². The third-order valence-corrected chi connectivity index (χ3v) is 6.78. The van der Waals surface area contributed by atoms with Gasteiger partial charge < -0.3 is 14.6 Å². The number of nitrogens with zero attached hydrogens (tertiary/aromatic N) is 1. The molecular formula is C20H20N2O2S2. The average Bonchev–Trinajstić information content (AvgIpc) is 3.29. The summed E-state index contributed by atoms with van der Waals surface area (Å²) >= 11 is 3.67. The number of thioether (sulfide) groups is 1. The van der Waals surface area contributed by atoms with E-state index in [0.717, 1.165) is 39.7 Å². The highest BCUT2D eigenvalue weighted by Crippen LogP contribution is 2.38. The number of fused-ring (bicyclic) bond motifs is 1. The Morgan fingerprint density at radius 3 is 2.92 bits per heavy atom. The summed E-state index contributed by atoms with van der Waals surface area (Å²) in [6.07, 6.45) is 4.95. The van der Waals surface area contributed by atoms with Crippen LogP contribution in [0.25, 0.3) is 5.00 Å². The van der Waals surface area contributed by atoms with Crippen molar-refractivity contribution in [2.75, 3.05) is 18.2 Å². The van der Waals surface area contributed by atoms with Crippen LogP contribution in [0.3, 0.4) is 0 Å². The van der Waals surface area contributed by atoms with Crippen LogP contribution in [0.5, 0.6) is 0 Å². The number of rotatable bonds is 5. The van der Waals surface area contributed by atoms with Crippen LogP contribution in [0, 0.1) is 0 Å². The van der Waals surface area contributed by atoms with Crippen molar-refractivity contribution in [1.29, 1.82) is 0 Å². The average molecular weight is 385 g/mol. The maximum atomic E-state index is 13.2. The summed E-state index contributed by atoms with van der Waals surface area (Å²) in [5.74, 6) is 2.02. The fourth-order valence-corrected chi connectivity index (χ4v) is 5.65. The normalized spacial score (nSPS) is 13.4. The molecule has 1 N–H and O–H groups in total. The molecular weight excluding hydrogens is 364 g/mol. The Labute approximate surface area is 161 Å². The molecule has 134 valence electrons. The fourth-order valence-electron chi connectivity index (χ4n) is 3.20. The van der Waals surface area contributed by atoms with Gasteiger partial charge in [-0.05, 0) is 47.6 Å². The largest absolute Gasteiger partial charge is 0.380 e. The lowest BCUT2D eigenvalue weighted by atomic mass is 10.1. The van der Waals surface area contributed by atoms with Crippen LogP contribution in [-0.4, -0.2) is 23.3 Å². The topological polar surface area (TPSA) is 43.3 Å². The second kappa shape index (κ2) is 7.70. The van der Waals surface area contributed by atoms with E-state index in [1.807, 2.05) is 65.1 Å². The minimum atomic E-state index is -0.0346. The second-order valence-corrected chi connectivity index (χ2v) is 8.35. The smallest absolute Gasteiger partial charge is 0.258 e. The minimum Gasteiger partial charge on any atom is -0.380 e. The highest BCUT2D eigenvalue weighted by atomic mass is 32.2. The lowest BCUT2D eigenvalue weighted by Crippen LogP contribution is -2.16. The van der Waals surface area contributed by atoms with Crippen LogP contribution in [0.2, 0.25) is 0 Å². The van der Waals surface area contributed by atoms with Crippen LogP contribution in [0.4, 0.5) is 5.69 Å². The molecule has 0 saturated heterocycles. The summed E-state index contributed by atoms with van der Waals surface area (Å²) in [4.78, 5) is 14.5. The standard InChI is InChI=1S/C20H20N2O2S2/c1-24-12-14-5-4-6-15(11-14)21-19(23)18-16-7-10-25-13-17(16)26-20(18)22-8-2-3-9-22/h2-6,8-9,11H,7,10,12-13H2,1H3,(H,21,23). The molecule has 1 aliphatic rings. The molecule has 0 aliphatic carbocycles. The van der Waals surface area contributed by atoms with Crippen LogP contribution in [0.15, 0.2) is 48.8 Å². The van der Waals surface area contributed by atoms with Gasteiger partial charge in [-0.2, -0.15) is 11.8 Å². The molecule has 0 saturated carbocycles. The van der Waals surface area contributed by atoms with E-state index in [1.54, 1.807) is 18.4 Å². The fraction of sp³-hybridized carbons (Fsp3) is 0.250. The molecule has 0 fully saturated rings. The van der Waals surface area contributed by atoms with E-state index >= 15 is 0 Å². The molecule has 3 heterocycles. The second-order valence-electron chi connectivity index (χ2n) is 6.16. The van der Waals surface area contributed by atoms with Gasteiger partial charge >= 0.3 is 0 Å². The number of benzene rings is 1. The molecule has 1 aliphatic heterocycles. The summed E-state index contributed by atoms with van der Waals surface area (Å²) in [5.41, 5.74) is 3.87. The van der Waals surface area contributed by atoms with Crippen molar-refractivity contribution in [2.24, 2.45) is 0 Å². The molecule has 1 aromatic carbocycles. The van der Waals surface area contributed by atoms with Crippen LogP contribution in [-0.2, 0) is 23.5 Å². The van der Waals surface area contributed by atoms with E-state index in [9.17, 15) is 4.79 Å². The molecule has 4 nitrogen and oxygen atoms in total. The number of anilines is 1. The number of hydrogen-bond donors (Lipinski definition) is 1. The van der Waals surface area contributed by atoms with Crippen molar-refractivity contribution < 1.29 is 9.53 Å². The first-order chi connectivity index (χ1) is 12.8. The van der Waals surface area contributed by atoms with E-state index in [0.29, 0.717) is 6.61 Å². The van der Waals surface area contributed by atoms with Gasteiger partial charge in [0.2, 0.25) is 0 Å². The van der Waals surface area contributed by atoms with Crippen molar-refractivity contribution in [3.8, 4) is 5.00 Å². The first kappa shape index (κ1) is 17.4. The van der Waals surface area contributed by atoms with E-state index in [4.69, 9.17) is 4.74 Å². The number of carbonyl (C=O) groups is 1. The molecule has 0 radical (unpaired) electrons. The van der Waals surface area contributed by atoms with Crippen molar-refractivity contribution in [3.05, 3.63) is 70.4 Å². The third kappa shape index (κ3) is 3.45. The van der Waals surface area contributed by atoms with Gasteiger partial charge in [-0.3, -0.25) is 4.79 Å². The molecule has 3 aromatic rings. The van der Waals surface area contributed by atoms with Gasteiger partial charge in [-0.15, -0.1) is 11.3 Å². The maximum Gasteiger partial charge on any atom is 0.258 e. The van der Waals surface area contributed by atoms with Gasteiger partial charge in [0.25, 0.3) is 5.91 Å². The minimum absolute atomic E-state index is 0.0346. The Hall–Kier alpha value is -2.02. The molecule has 0 unspecified atom stereocenters. The van der Waals surface area contributed by atoms with Crippen molar-refractivity contribution in [2.45, 2.75) is 18.8 Å². The Bertz CT molecular complexity index is 916. The van der Waals surface area contributed by atoms with Crippen LogP contribution >= 0.6 is 23.1 Å². The van der Waals surface area contributed by atoms with Gasteiger partial charge in [-0.25, -0.2) is 0 Å². The number of hydrogen-bond acceptors (Lipinski definition) is 4. The van der Waals surface area contributed by atoms with Crippen molar-refractivity contribution in [1.82, 2.24) is 4.57 Å². The molecule has 4 rings (SSSR count). The lowest BCUT2D eigenvalue weighted by molar-refractivity contribution is 0.102. The van der Waals surface area contributed by atoms with Crippen LogP contribution < -0.4 is 5.32 Å². The summed E-state index contributed by atoms with van der Waals surface area (Å²) in [6, 6.07) is 11.8. The zero-order chi connectivity index (χ0) is 17.9. The number of amides is 1. The Balaban J connectivity index is 1.69. The molecule has 2 aromatic heterocycles. The number of nitrogens with one attached hydrogen (secondary N) is 1. The monoisotopic (exact) mass is 384 g/mol. The molecule has 26 heavy (non-hydrogen) atoms. The van der Waals surface area contributed by atoms with Gasteiger partial charge in [0.05, 0.1) is 12.2 Å². The zero-order valence-electron chi connectivity index (χ0n) is 14.5. The molecule has 0 spiro atoms. The molecule has 6 heteroatoms. The summed E-state index contributed by atoms with van der Waals surface area (Å²) in [5, 5.41) is 4.10. The van der Waals surface area contributed by atoms with E-state index in [-0.39, 0.29) is 5.91 Å². The van der Waals surface area contributed by atoms with Gasteiger partial charge in [0.1, 0.15) is 5.00 Å². The predicted octanol–water partition coefficient (Wildman–Crippen LogP) is 4.73. The summed E-state index contributed by atoms with van der Waals surface area (Å²) in [6.45, 7) is 0.531. The highest BCUT2D eigenvalue weighted by molar-refractivity contribution is 7.98. The number of thiophene rings is 1. The lowest BCUT2D eigenvalue weighted by Gasteiger charge is -2.13. The maximum absolute atomic E-state index is 13.2. The Morgan fingerprint density at radius 1 is 1.27 bits per heavy atom. The third-order valence-electron chi connectivity index (χ3n) is 4.36. The number of carbonyl (C=O) groups excluding carboxylic acids is 1.